The molecule has 1 aliphatic rings. The molecular weight excluding hydrogens is 369 g/mol. The minimum atomic E-state index is -6.01. The lowest BCUT2D eigenvalue weighted by atomic mass is 10.0. The second kappa shape index (κ2) is 4.93. The summed E-state index contributed by atoms with van der Waals surface area (Å²) in [4.78, 5) is 22.5. The predicted molar refractivity (Wildman–Crippen MR) is 63.6 cm³/mol. The van der Waals surface area contributed by atoms with E-state index in [1.54, 1.807) is 0 Å². The van der Waals surface area contributed by atoms with Crippen LogP contribution < -0.4 is 10.1 Å². The Kier molecular flexibility index (Phi) is 3.68. The van der Waals surface area contributed by atoms with Crippen molar-refractivity contribution >= 4 is 33.3 Å². The lowest BCUT2D eigenvalue weighted by Crippen LogP contribution is -2.44. The smallest absolute Gasteiger partial charge is 0.461 e. The second-order valence-corrected chi connectivity index (χ2v) is 4.92. The molecule has 1 N–H and O–H groups in total. The molecule has 1 heterocycles. The van der Waals surface area contributed by atoms with E-state index < -0.39 is 36.0 Å². The molecule has 0 fully saturated rings. The van der Waals surface area contributed by atoms with Crippen molar-refractivity contribution in [1.82, 2.24) is 0 Å². The number of fused-ring (bicyclic) bond motifs is 1. The minimum absolute atomic E-state index is 0.0602. The van der Waals surface area contributed by atoms with Crippen molar-refractivity contribution in [2.24, 2.45) is 0 Å². The van der Waals surface area contributed by atoms with Crippen LogP contribution in [0.2, 0.25) is 0 Å². The van der Waals surface area contributed by atoms with Crippen molar-refractivity contribution in [2.45, 2.75) is 12.1 Å². The SMILES string of the molecule is O=C1COc2cc(C(=O)C(F)(F)C(F)(F)F)c(Br)cc2N1. The summed E-state index contributed by atoms with van der Waals surface area (Å²) in [6, 6.07) is 1.74. The zero-order valence-corrected chi connectivity index (χ0v) is 11.4. The molecule has 1 aromatic carbocycles. The maximum absolute atomic E-state index is 13.1. The van der Waals surface area contributed by atoms with Gasteiger partial charge in [-0.3, -0.25) is 9.59 Å². The van der Waals surface area contributed by atoms with Gasteiger partial charge < -0.3 is 10.1 Å². The van der Waals surface area contributed by atoms with Crippen LogP contribution in [0.25, 0.3) is 0 Å². The molecule has 0 bridgehead atoms. The van der Waals surface area contributed by atoms with Gasteiger partial charge in [-0.25, -0.2) is 0 Å². The quantitative estimate of drug-likeness (QED) is 0.639. The number of carbonyl (C=O) groups is 2. The number of alkyl halides is 5. The zero-order chi connectivity index (χ0) is 16.0. The standard InChI is InChI=1S/C11H5BrF5NO3/c12-5-2-6-7(21-3-8(19)18-6)1-4(5)9(20)10(13,14)11(15,16)17/h1-2H,3H2,(H,18,19). The lowest BCUT2D eigenvalue weighted by Gasteiger charge is -2.22. The molecule has 4 nitrogen and oxygen atoms in total. The van der Waals surface area contributed by atoms with Gasteiger partial charge in [0.25, 0.3) is 5.91 Å². The molecule has 1 aromatic rings. The highest BCUT2D eigenvalue weighted by Crippen LogP contribution is 2.41. The first-order chi connectivity index (χ1) is 9.54. The number of carbonyl (C=O) groups excluding carboxylic acids is 2. The Balaban J connectivity index is 2.46. The molecule has 0 aromatic heterocycles. The fourth-order valence-electron chi connectivity index (χ4n) is 1.57. The molecule has 114 valence electrons. The monoisotopic (exact) mass is 373 g/mol. The van der Waals surface area contributed by atoms with E-state index in [9.17, 15) is 31.5 Å². The Bertz CT molecular complexity index is 629. The van der Waals surface area contributed by atoms with Gasteiger partial charge in [-0.05, 0) is 28.1 Å². The summed E-state index contributed by atoms with van der Waals surface area (Å²) in [6.45, 7) is -0.433. The third-order valence-electron chi connectivity index (χ3n) is 2.59. The maximum atomic E-state index is 13.1. The summed E-state index contributed by atoms with van der Waals surface area (Å²) in [5.41, 5.74) is -0.836. The molecule has 0 unspecified atom stereocenters. The number of rotatable bonds is 2. The second-order valence-electron chi connectivity index (χ2n) is 4.07. The number of Topliss-reactive ketones (excluding diaryl/α,β-unsaturated/α-hetero) is 1. The first-order valence-corrected chi connectivity index (χ1v) is 6.09. The number of benzene rings is 1. The minimum Gasteiger partial charge on any atom is -0.482 e. The van der Waals surface area contributed by atoms with E-state index in [0.717, 1.165) is 12.1 Å². The van der Waals surface area contributed by atoms with Crippen LogP contribution in [0, 0.1) is 0 Å². The Morgan fingerprint density at radius 1 is 1.24 bits per heavy atom. The molecule has 10 heteroatoms. The van der Waals surface area contributed by atoms with Gasteiger partial charge in [-0.15, -0.1) is 0 Å². The number of hydrogen-bond acceptors (Lipinski definition) is 3. The van der Waals surface area contributed by atoms with Gasteiger partial charge >= 0.3 is 12.1 Å². The van der Waals surface area contributed by atoms with E-state index >= 15 is 0 Å². The van der Waals surface area contributed by atoms with Crippen LogP contribution in [0.5, 0.6) is 5.75 Å². The maximum Gasteiger partial charge on any atom is 0.461 e. The van der Waals surface area contributed by atoms with Crippen molar-refractivity contribution in [2.75, 3.05) is 11.9 Å². The Morgan fingerprint density at radius 3 is 2.43 bits per heavy atom. The number of halogens is 6. The number of nitrogens with one attached hydrogen (secondary N) is 1. The van der Waals surface area contributed by atoms with Gasteiger partial charge in [0.15, 0.2) is 6.61 Å². The zero-order valence-electron chi connectivity index (χ0n) is 9.85. The fraction of sp³-hybridized carbons (Fsp3) is 0.273. The summed E-state index contributed by atoms with van der Waals surface area (Å²) in [7, 11) is 0. The van der Waals surface area contributed by atoms with Gasteiger partial charge in [0.05, 0.1) is 5.69 Å². The summed E-state index contributed by atoms with van der Waals surface area (Å²) >= 11 is 2.73. The number of ketones is 1. The summed E-state index contributed by atoms with van der Waals surface area (Å²) in [5, 5.41) is 2.32. The Hall–Kier alpha value is -1.71. The van der Waals surface area contributed by atoms with Crippen molar-refractivity contribution in [3.05, 3.63) is 22.2 Å². The molecule has 0 saturated heterocycles. The highest BCUT2D eigenvalue weighted by atomic mass is 79.9. The topological polar surface area (TPSA) is 55.4 Å². The van der Waals surface area contributed by atoms with Gasteiger partial charge in [0, 0.05) is 10.0 Å². The van der Waals surface area contributed by atoms with Gasteiger partial charge in [0.2, 0.25) is 5.78 Å². The van der Waals surface area contributed by atoms with E-state index in [2.05, 4.69) is 21.2 Å². The third-order valence-corrected chi connectivity index (χ3v) is 3.24. The lowest BCUT2D eigenvalue weighted by molar-refractivity contribution is -0.255. The normalized spacial score (nSPS) is 15.0. The van der Waals surface area contributed by atoms with E-state index in [0.29, 0.717) is 0 Å². The van der Waals surface area contributed by atoms with E-state index in [1.165, 1.54) is 0 Å². The van der Waals surface area contributed by atoms with Crippen molar-refractivity contribution in [3.8, 4) is 5.75 Å². The summed E-state index contributed by atoms with van der Waals surface area (Å²) in [5.74, 6) is -8.62. The van der Waals surface area contributed by atoms with Crippen LogP contribution in [0.15, 0.2) is 16.6 Å². The molecule has 1 aliphatic heterocycles. The van der Waals surface area contributed by atoms with Crippen LogP contribution >= 0.6 is 15.9 Å². The average Bonchev–Trinajstić information content (AvgIpc) is 2.35. The molecule has 0 spiro atoms. The number of amides is 1. The van der Waals surface area contributed by atoms with Crippen molar-refractivity contribution in [3.63, 3.8) is 0 Å². The summed E-state index contributed by atoms with van der Waals surface area (Å²) in [6.07, 6.45) is -6.01. The fourth-order valence-corrected chi connectivity index (χ4v) is 2.10. The first-order valence-electron chi connectivity index (χ1n) is 5.29. The number of ether oxygens (including phenoxy) is 1. The molecule has 1 amide bonds. The van der Waals surface area contributed by atoms with Crippen molar-refractivity contribution in [1.29, 1.82) is 0 Å². The highest BCUT2D eigenvalue weighted by molar-refractivity contribution is 9.10. The highest BCUT2D eigenvalue weighted by Gasteiger charge is 2.63. The molecule has 0 radical (unpaired) electrons. The van der Waals surface area contributed by atoms with E-state index in [1.807, 2.05) is 0 Å². The first kappa shape index (κ1) is 15.7. The van der Waals surface area contributed by atoms with E-state index in [-0.39, 0.29) is 15.9 Å². The molecule has 21 heavy (non-hydrogen) atoms. The molecule has 0 saturated carbocycles. The number of hydrogen-bond donors (Lipinski definition) is 1. The molecular formula is C11H5BrF5NO3. The van der Waals surface area contributed by atoms with E-state index in [4.69, 9.17) is 4.74 Å². The number of anilines is 1. The molecule has 0 atom stereocenters. The van der Waals surface area contributed by atoms with Crippen LogP contribution in [0.4, 0.5) is 27.6 Å². The Labute approximate surface area is 122 Å². The largest absolute Gasteiger partial charge is 0.482 e. The predicted octanol–water partition coefficient (Wildman–Crippen LogP) is 3.16. The van der Waals surface area contributed by atoms with Crippen LogP contribution in [0.1, 0.15) is 10.4 Å². The Morgan fingerprint density at radius 2 is 1.86 bits per heavy atom. The third kappa shape index (κ3) is 2.71. The summed E-state index contributed by atoms with van der Waals surface area (Å²) < 4.78 is 67.4. The van der Waals surface area contributed by atoms with Gasteiger partial charge in [-0.2, -0.15) is 22.0 Å². The van der Waals surface area contributed by atoms with Crippen LogP contribution in [0.3, 0.4) is 0 Å². The van der Waals surface area contributed by atoms with Crippen molar-refractivity contribution < 1.29 is 36.3 Å². The van der Waals surface area contributed by atoms with Crippen LogP contribution in [-0.2, 0) is 4.79 Å². The van der Waals surface area contributed by atoms with Gasteiger partial charge in [-0.1, -0.05) is 0 Å². The average molecular weight is 374 g/mol. The van der Waals surface area contributed by atoms with Gasteiger partial charge in [0.1, 0.15) is 5.75 Å². The molecule has 2 rings (SSSR count). The van der Waals surface area contributed by atoms with Crippen LogP contribution in [-0.4, -0.2) is 30.4 Å². The molecule has 0 aliphatic carbocycles.